The van der Waals surface area contributed by atoms with E-state index in [0.717, 1.165) is 5.69 Å². The summed E-state index contributed by atoms with van der Waals surface area (Å²) >= 11 is 7.15. The van der Waals surface area contributed by atoms with E-state index in [2.05, 4.69) is 20.1 Å². The van der Waals surface area contributed by atoms with Gasteiger partial charge in [-0.05, 0) is 12.1 Å². The molecular formula is C11H8ClN5OS. The first-order valence-corrected chi connectivity index (χ1v) is 6.61. The third kappa shape index (κ3) is 2.72. The maximum atomic E-state index is 5.77. The topological polar surface area (TPSA) is 90.7 Å². The van der Waals surface area contributed by atoms with E-state index >= 15 is 0 Å². The van der Waals surface area contributed by atoms with Crippen LogP contribution in [0.1, 0.15) is 11.6 Å². The Labute approximate surface area is 117 Å². The molecule has 0 unspecified atom stereocenters. The second-order valence-corrected chi connectivity index (χ2v) is 5.05. The number of rotatable bonds is 3. The van der Waals surface area contributed by atoms with Crippen molar-refractivity contribution in [3.8, 4) is 11.5 Å². The Balaban J connectivity index is 1.81. The lowest BCUT2D eigenvalue weighted by atomic mass is 10.3. The van der Waals surface area contributed by atoms with E-state index in [1.807, 2.05) is 5.38 Å². The van der Waals surface area contributed by atoms with E-state index in [4.69, 9.17) is 21.9 Å². The normalized spacial score (nSPS) is 10.8. The maximum absolute atomic E-state index is 5.77. The Morgan fingerprint density at radius 3 is 2.89 bits per heavy atom. The predicted octanol–water partition coefficient (Wildman–Crippen LogP) is 2.41. The Kier molecular flexibility index (Phi) is 3.14. The van der Waals surface area contributed by atoms with Crippen LogP contribution in [0.5, 0.6) is 0 Å². The van der Waals surface area contributed by atoms with Crippen LogP contribution in [-0.2, 0) is 6.42 Å². The molecule has 3 rings (SSSR count). The molecule has 8 heteroatoms. The highest BCUT2D eigenvalue weighted by atomic mass is 35.5. The molecule has 0 bridgehead atoms. The average Bonchev–Trinajstić information content (AvgIpc) is 3.00. The lowest BCUT2D eigenvalue weighted by Crippen LogP contribution is -1.91. The van der Waals surface area contributed by atoms with Gasteiger partial charge < -0.3 is 10.3 Å². The lowest BCUT2D eigenvalue weighted by molar-refractivity contribution is 0.385. The summed E-state index contributed by atoms with van der Waals surface area (Å²) in [4.78, 5) is 12.5. The molecule has 0 aliphatic rings. The molecule has 0 aliphatic heterocycles. The van der Waals surface area contributed by atoms with Crippen LogP contribution in [0.25, 0.3) is 11.5 Å². The van der Waals surface area contributed by atoms with Crippen LogP contribution >= 0.6 is 22.9 Å². The van der Waals surface area contributed by atoms with Crippen molar-refractivity contribution in [3.05, 3.63) is 40.3 Å². The second-order valence-electron chi connectivity index (χ2n) is 3.73. The summed E-state index contributed by atoms with van der Waals surface area (Å²) < 4.78 is 5.15. The summed E-state index contributed by atoms with van der Waals surface area (Å²) in [5, 5.41) is 6.82. The van der Waals surface area contributed by atoms with E-state index < -0.39 is 0 Å². The van der Waals surface area contributed by atoms with Crippen molar-refractivity contribution in [1.29, 1.82) is 0 Å². The van der Waals surface area contributed by atoms with Crippen LogP contribution in [-0.4, -0.2) is 20.1 Å². The number of hydrogen-bond acceptors (Lipinski definition) is 7. The zero-order valence-electron chi connectivity index (χ0n) is 9.58. The number of halogens is 1. The maximum Gasteiger partial charge on any atom is 0.233 e. The summed E-state index contributed by atoms with van der Waals surface area (Å²) in [5.41, 5.74) is 6.98. The van der Waals surface area contributed by atoms with Gasteiger partial charge in [0.25, 0.3) is 0 Å². The fourth-order valence-corrected chi connectivity index (χ4v) is 2.17. The first kappa shape index (κ1) is 12.1. The van der Waals surface area contributed by atoms with E-state index in [-0.39, 0.29) is 0 Å². The molecule has 19 heavy (non-hydrogen) atoms. The van der Waals surface area contributed by atoms with Gasteiger partial charge in [0.2, 0.25) is 11.7 Å². The Morgan fingerprint density at radius 1 is 1.32 bits per heavy atom. The van der Waals surface area contributed by atoms with Crippen LogP contribution in [0, 0.1) is 0 Å². The molecule has 0 spiro atoms. The molecule has 2 N–H and O–H groups in total. The fourth-order valence-electron chi connectivity index (χ4n) is 1.50. The van der Waals surface area contributed by atoms with Crippen molar-refractivity contribution in [2.45, 2.75) is 6.42 Å². The Bertz CT molecular complexity index is 693. The van der Waals surface area contributed by atoms with E-state index in [1.54, 1.807) is 12.1 Å². The first-order chi connectivity index (χ1) is 9.20. The molecule has 3 heterocycles. The minimum Gasteiger partial charge on any atom is -0.375 e. The Morgan fingerprint density at radius 2 is 2.21 bits per heavy atom. The zero-order valence-corrected chi connectivity index (χ0v) is 11.1. The average molecular weight is 294 g/mol. The Hall–Kier alpha value is -1.99. The molecule has 3 aromatic rings. The van der Waals surface area contributed by atoms with Crippen LogP contribution < -0.4 is 5.73 Å². The van der Waals surface area contributed by atoms with Crippen molar-refractivity contribution in [1.82, 2.24) is 20.1 Å². The van der Waals surface area contributed by atoms with Gasteiger partial charge in [0, 0.05) is 11.6 Å². The SMILES string of the molecule is Nc1nc(Cc2nc(-c3ccc(Cl)cn3)no2)cs1. The molecule has 0 aromatic carbocycles. The molecule has 0 saturated carbocycles. The van der Waals surface area contributed by atoms with Gasteiger partial charge in [-0.2, -0.15) is 4.98 Å². The van der Waals surface area contributed by atoms with Crippen molar-refractivity contribution >= 4 is 28.1 Å². The third-order valence-electron chi connectivity index (χ3n) is 2.33. The van der Waals surface area contributed by atoms with Gasteiger partial charge >= 0.3 is 0 Å². The first-order valence-electron chi connectivity index (χ1n) is 5.35. The molecule has 96 valence electrons. The molecule has 0 radical (unpaired) electrons. The van der Waals surface area contributed by atoms with Gasteiger partial charge in [0.1, 0.15) is 5.69 Å². The highest BCUT2D eigenvalue weighted by Crippen LogP contribution is 2.18. The zero-order chi connectivity index (χ0) is 13.2. The summed E-state index contributed by atoms with van der Waals surface area (Å²) in [6.07, 6.45) is 1.99. The molecule has 0 fully saturated rings. The monoisotopic (exact) mass is 293 g/mol. The molecule has 3 aromatic heterocycles. The number of nitrogen functional groups attached to an aromatic ring is 1. The highest BCUT2D eigenvalue weighted by molar-refractivity contribution is 7.13. The third-order valence-corrected chi connectivity index (χ3v) is 3.27. The standard InChI is InChI=1S/C11H8ClN5OS/c12-6-1-2-8(14-4-6)10-16-9(18-17-10)3-7-5-19-11(13)15-7/h1-2,4-5H,3H2,(H2,13,15). The van der Waals surface area contributed by atoms with Gasteiger partial charge in [0.05, 0.1) is 17.1 Å². The number of pyridine rings is 1. The molecule has 0 saturated heterocycles. The smallest absolute Gasteiger partial charge is 0.233 e. The number of nitrogens with zero attached hydrogens (tertiary/aromatic N) is 4. The largest absolute Gasteiger partial charge is 0.375 e. The molecule has 0 aliphatic carbocycles. The van der Waals surface area contributed by atoms with Gasteiger partial charge in [-0.15, -0.1) is 11.3 Å². The van der Waals surface area contributed by atoms with Crippen LogP contribution in [0.2, 0.25) is 5.02 Å². The quantitative estimate of drug-likeness (QED) is 0.797. The van der Waals surface area contributed by atoms with Crippen LogP contribution in [0.15, 0.2) is 28.2 Å². The summed E-state index contributed by atoms with van der Waals surface area (Å²) in [6.45, 7) is 0. The van der Waals surface area contributed by atoms with E-state index in [1.165, 1.54) is 17.5 Å². The van der Waals surface area contributed by atoms with Gasteiger partial charge in [-0.3, -0.25) is 4.98 Å². The van der Waals surface area contributed by atoms with Crippen molar-refractivity contribution < 1.29 is 4.52 Å². The molecule has 6 nitrogen and oxygen atoms in total. The summed E-state index contributed by atoms with van der Waals surface area (Å²) in [6, 6.07) is 3.46. The number of nitrogens with two attached hydrogens (primary N) is 1. The number of anilines is 1. The van der Waals surface area contributed by atoms with Crippen molar-refractivity contribution in [2.75, 3.05) is 5.73 Å². The molecule has 0 amide bonds. The van der Waals surface area contributed by atoms with Crippen molar-refractivity contribution in [2.24, 2.45) is 0 Å². The van der Waals surface area contributed by atoms with Crippen molar-refractivity contribution in [3.63, 3.8) is 0 Å². The minimum atomic E-state index is 0.426. The second kappa shape index (κ2) is 4.94. The minimum absolute atomic E-state index is 0.426. The lowest BCUT2D eigenvalue weighted by Gasteiger charge is -1.92. The molecule has 0 atom stereocenters. The number of thiazole rings is 1. The summed E-state index contributed by atoms with van der Waals surface area (Å²) in [5.74, 6) is 0.895. The number of aromatic nitrogens is 4. The van der Waals surface area contributed by atoms with Gasteiger partial charge in [0.15, 0.2) is 5.13 Å². The molecular weight excluding hydrogens is 286 g/mol. The summed E-state index contributed by atoms with van der Waals surface area (Å²) in [7, 11) is 0. The van der Waals surface area contributed by atoms with Crippen LogP contribution in [0.4, 0.5) is 5.13 Å². The highest BCUT2D eigenvalue weighted by Gasteiger charge is 2.11. The van der Waals surface area contributed by atoms with E-state index in [9.17, 15) is 0 Å². The van der Waals surface area contributed by atoms with E-state index in [0.29, 0.717) is 34.0 Å². The predicted molar refractivity (Wildman–Crippen MR) is 71.9 cm³/mol. The van der Waals surface area contributed by atoms with Gasteiger partial charge in [-0.1, -0.05) is 16.8 Å². The number of hydrogen-bond donors (Lipinski definition) is 1. The van der Waals surface area contributed by atoms with Gasteiger partial charge in [-0.25, -0.2) is 4.98 Å². The van der Waals surface area contributed by atoms with Crippen LogP contribution in [0.3, 0.4) is 0 Å². The fraction of sp³-hybridized carbons (Fsp3) is 0.0909.